The maximum absolute atomic E-state index is 10.9. The zero-order valence-corrected chi connectivity index (χ0v) is 26.3. The zero-order valence-electron chi connectivity index (χ0n) is 23.1. The van der Waals surface area contributed by atoms with Crippen molar-refractivity contribution in [3.8, 4) is 0 Å². The number of benzene rings is 2. The van der Waals surface area contributed by atoms with Crippen molar-refractivity contribution >= 4 is 11.4 Å². The van der Waals surface area contributed by atoms with Gasteiger partial charge in [-0.05, 0) is 61.8 Å². The second-order valence-electron chi connectivity index (χ2n) is 12.1. The number of halogens is 2. The smallest absolute Gasteiger partial charge is 0.269 e. The van der Waals surface area contributed by atoms with Crippen LogP contribution in [0.1, 0.15) is 56.1 Å². The topological polar surface area (TPSA) is 86.3 Å². The van der Waals surface area contributed by atoms with E-state index in [1.54, 1.807) is 24.3 Å². The molecule has 0 aromatic heterocycles. The summed E-state index contributed by atoms with van der Waals surface area (Å²) in [6.45, 7) is 6.63. The van der Waals surface area contributed by atoms with Crippen molar-refractivity contribution in [3.05, 3.63) is 79.9 Å². The zero-order chi connectivity index (χ0) is 26.5. The Hall–Kier alpha value is -1.88. The number of likely N-dealkylation sites (tertiary alicyclic amines) is 2. The number of hydrogen-bond donors (Lipinski definition) is 0. The Morgan fingerprint density at radius 1 is 0.641 bits per heavy atom. The Bertz CT molecular complexity index is 980. The summed E-state index contributed by atoms with van der Waals surface area (Å²) >= 11 is 0. The number of nitrogens with zero attached hydrogens (tertiary/aromatic N) is 4. The highest BCUT2D eigenvalue weighted by molar-refractivity contribution is 5.33. The molecule has 2 aromatic carbocycles. The summed E-state index contributed by atoms with van der Waals surface area (Å²) in [6, 6.07) is 14.1. The van der Waals surface area contributed by atoms with Gasteiger partial charge in [0.1, 0.15) is 13.1 Å². The van der Waals surface area contributed by atoms with Crippen molar-refractivity contribution in [2.24, 2.45) is 11.8 Å². The first-order chi connectivity index (χ1) is 17.6. The van der Waals surface area contributed by atoms with Crippen molar-refractivity contribution in [2.75, 3.05) is 40.3 Å². The molecule has 0 unspecified atom stereocenters. The molecular weight excluding hydrogens is 628 g/mol. The predicted molar refractivity (Wildman–Crippen MR) is 145 cm³/mol. The van der Waals surface area contributed by atoms with Gasteiger partial charge in [-0.3, -0.25) is 20.2 Å². The first-order valence-corrected chi connectivity index (χ1v) is 13.8. The lowest BCUT2D eigenvalue weighted by atomic mass is 9.85. The Morgan fingerprint density at radius 2 is 0.949 bits per heavy atom. The van der Waals surface area contributed by atoms with Crippen LogP contribution in [0.15, 0.2) is 48.5 Å². The van der Waals surface area contributed by atoms with Gasteiger partial charge < -0.3 is 42.9 Å². The van der Waals surface area contributed by atoms with E-state index >= 15 is 0 Å². The average molecular weight is 670 g/mol. The first kappa shape index (κ1) is 33.3. The highest BCUT2D eigenvalue weighted by Gasteiger charge is 2.32. The van der Waals surface area contributed by atoms with E-state index in [0.29, 0.717) is 0 Å². The van der Waals surface area contributed by atoms with Gasteiger partial charge in [0.05, 0.1) is 50.1 Å². The van der Waals surface area contributed by atoms with Crippen LogP contribution in [-0.4, -0.2) is 59.1 Å². The van der Waals surface area contributed by atoms with Crippen LogP contribution < -0.4 is 34.0 Å². The second-order valence-corrected chi connectivity index (χ2v) is 12.1. The third-order valence-electron chi connectivity index (χ3n) is 8.96. The molecule has 8 nitrogen and oxygen atoms in total. The Kier molecular flexibility index (Phi) is 12.5. The Morgan fingerprint density at radius 3 is 1.23 bits per heavy atom. The summed E-state index contributed by atoms with van der Waals surface area (Å²) in [6.07, 6.45) is 9.10. The van der Waals surface area contributed by atoms with Gasteiger partial charge >= 0.3 is 0 Å². The van der Waals surface area contributed by atoms with Crippen molar-refractivity contribution in [1.82, 2.24) is 0 Å². The molecule has 0 bridgehead atoms. The second kappa shape index (κ2) is 14.7. The van der Waals surface area contributed by atoms with Crippen LogP contribution in [0, 0.1) is 32.1 Å². The molecule has 39 heavy (non-hydrogen) atoms. The van der Waals surface area contributed by atoms with Crippen molar-refractivity contribution < 1.29 is 52.8 Å². The largest absolute Gasteiger partial charge is 1.00 e. The number of piperidine rings is 2. The quantitative estimate of drug-likeness (QED) is 0.204. The van der Waals surface area contributed by atoms with E-state index in [1.165, 1.54) is 82.3 Å². The molecule has 2 fully saturated rings. The Labute approximate surface area is 253 Å². The normalized spacial score (nSPS) is 26.6. The van der Waals surface area contributed by atoms with E-state index in [-0.39, 0.29) is 55.2 Å². The van der Waals surface area contributed by atoms with Crippen LogP contribution in [0.2, 0.25) is 0 Å². The van der Waals surface area contributed by atoms with E-state index in [2.05, 4.69) is 14.1 Å². The van der Waals surface area contributed by atoms with Crippen LogP contribution in [0.3, 0.4) is 0 Å². The minimum Gasteiger partial charge on any atom is -1.00 e. The maximum atomic E-state index is 10.9. The lowest BCUT2D eigenvalue weighted by Gasteiger charge is -2.41. The van der Waals surface area contributed by atoms with Gasteiger partial charge in [0.2, 0.25) is 0 Å². The summed E-state index contributed by atoms with van der Waals surface area (Å²) in [5, 5.41) is 21.8. The fraction of sp³-hybridized carbons (Fsp3) is 0.586. The summed E-state index contributed by atoms with van der Waals surface area (Å²) < 4.78 is 2.06. The molecule has 2 aliphatic heterocycles. The summed E-state index contributed by atoms with van der Waals surface area (Å²) in [4.78, 5) is 21.1. The van der Waals surface area contributed by atoms with Gasteiger partial charge in [-0.1, -0.05) is 19.3 Å². The summed E-state index contributed by atoms with van der Waals surface area (Å²) in [5.41, 5.74) is 2.69. The fourth-order valence-electron chi connectivity index (χ4n) is 6.41. The minimum absolute atomic E-state index is 0. The third-order valence-corrected chi connectivity index (χ3v) is 8.96. The van der Waals surface area contributed by atoms with Gasteiger partial charge in [0.25, 0.3) is 11.4 Å². The minimum atomic E-state index is -0.335. The molecule has 10 heteroatoms. The average Bonchev–Trinajstić information content (AvgIpc) is 2.87. The molecule has 0 N–H and O–H groups in total. The van der Waals surface area contributed by atoms with Gasteiger partial charge in [0.15, 0.2) is 0 Å². The van der Waals surface area contributed by atoms with E-state index in [4.69, 9.17) is 0 Å². The molecule has 0 spiro atoms. The molecule has 0 saturated carbocycles. The number of nitro groups is 2. The van der Waals surface area contributed by atoms with Crippen LogP contribution in [0.25, 0.3) is 0 Å². The molecule has 2 saturated heterocycles. The van der Waals surface area contributed by atoms with E-state index < -0.39 is 0 Å². The maximum Gasteiger partial charge on any atom is 0.269 e. The Balaban J connectivity index is 0.00000267. The molecule has 0 radical (unpaired) electrons. The van der Waals surface area contributed by atoms with Crippen molar-refractivity contribution in [3.63, 3.8) is 0 Å². The lowest BCUT2D eigenvalue weighted by Crippen LogP contribution is -3.00. The van der Waals surface area contributed by atoms with Gasteiger partial charge in [0, 0.05) is 35.4 Å². The number of hydrogen-bond acceptors (Lipinski definition) is 4. The molecule has 2 aromatic rings. The molecule has 216 valence electrons. The lowest BCUT2D eigenvalue weighted by molar-refractivity contribution is -0.928. The third kappa shape index (κ3) is 9.62. The van der Waals surface area contributed by atoms with Gasteiger partial charge in [-0.25, -0.2) is 0 Å². The fourth-order valence-corrected chi connectivity index (χ4v) is 6.41. The molecule has 2 aliphatic rings. The standard InChI is InChI=1S/C29H42N4O4.2BrH/c1-32(22-26-6-10-28(11-7-26)30(34)35)18-14-24(15-19-32)4-3-5-25-16-20-33(2,21-17-25)23-27-8-12-29(13-9-27)31(36)37;;/h6-13,24-25H,3-5,14-23H2,1-2H3;2*1H/q+2;;/p-2. The number of quaternary nitrogens is 2. The molecule has 2 heterocycles. The van der Waals surface area contributed by atoms with Crippen molar-refractivity contribution in [1.29, 1.82) is 0 Å². The first-order valence-electron chi connectivity index (χ1n) is 13.8. The molecule has 0 amide bonds. The molecule has 4 rings (SSSR count). The number of rotatable bonds is 10. The molecular formula is C29H42Br2N4O4. The van der Waals surface area contributed by atoms with Gasteiger partial charge in [-0.2, -0.15) is 0 Å². The molecule has 0 atom stereocenters. The summed E-state index contributed by atoms with van der Waals surface area (Å²) in [5.74, 6) is 1.66. The highest BCUT2D eigenvalue weighted by atomic mass is 79.9. The van der Waals surface area contributed by atoms with E-state index in [9.17, 15) is 20.2 Å². The predicted octanol–water partition coefficient (Wildman–Crippen LogP) is 0.0947. The molecule has 0 aliphatic carbocycles. The van der Waals surface area contributed by atoms with Crippen LogP contribution in [0.4, 0.5) is 11.4 Å². The van der Waals surface area contributed by atoms with Crippen LogP contribution in [0.5, 0.6) is 0 Å². The van der Waals surface area contributed by atoms with E-state index in [0.717, 1.165) is 33.9 Å². The highest BCUT2D eigenvalue weighted by Crippen LogP contribution is 2.32. The summed E-state index contributed by atoms with van der Waals surface area (Å²) in [7, 11) is 4.65. The van der Waals surface area contributed by atoms with Crippen LogP contribution >= 0.6 is 0 Å². The monoisotopic (exact) mass is 668 g/mol. The van der Waals surface area contributed by atoms with Gasteiger partial charge in [-0.15, -0.1) is 0 Å². The number of nitro benzene ring substituents is 2. The van der Waals surface area contributed by atoms with Crippen LogP contribution in [-0.2, 0) is 13.1 Å². The number of non-ortho nitro benzene ring substituents is 2. The SMILES string of the molecule is C[N+]1(Cc2ccc([N+](=O)[O-])cc2)CCC(CCCC2CC[N+](C)(Cc3ccc([N+](=O)[O-])cc3)CC2)CC1.[Br-].[Br-]. The van der Waals surface area contributed by atoms with Crippen molar-refractivity contribution in [2.45, 2.75) is 58.0 Å². The van der Waals surface area contributed by atoms with E-state index in [1.807, 2.05) is 24.3 Å².